The number of rotatable bonds is 5. The Hall–Kier alpha value is -2.65. The number of hydrogen-bond donors (Lipinski definition) is 0. The molecule has 0 N–H and O–H groups in total. The lowest BCUT2D eigenvalue weighted by molar-refractivity contribution is 0.112. The highest BCUT2D eigenvalue weighted by Crippen LogP contribution is 2.29. The Morgan fingerprint density at radius 2 is 1.87 bits per heavy atom. The highest BCUT2D eigenvalue weighted by molar-refractivity contribution is 6.33. The van der Waals surface area contributed by atoms with Crippen molar-refractivity contribution in [2.24, 2.45) is 0 Å². The van der Waals surface area contributed by atoms with Crippen LogP contribution in [-0.2, 0) is 6.61 Å². The Labute approximate surface area is 139 Å². The number of aromatic nitrogens is 1. The highest BCUT2D eigenvalue weighted by Gasteiger charge is 2.06. The molecule has 114 valence electrons. The fourth-order valence-corrected chi connectivity index (χ4v) is 2.42. The first kappa shape index (κ1) is 15.3. The van der Waals surface area contributed by atoms with Crippen molar-refractivity contribution in [2.45, 2.75) is 6.61 Å². The number of carbonyl (C=O) groups is 1. The molecule has 0 radical (unpaired) electrons. The number of pyridine rings is 1. The average Bonchev–Trinajstić information content (AvgIpc) is 2.62. The Morgan fingerprint density at radius 1 is 1.04 bits per heavy atom. The van der Waals surface area contributed by atoms with E-state index in [9.17, 15) is 4.79 Å². The fraction of sp³-hybridized carbons (Fsp3) is 0.0526. The molecule has 0 amide bonds. The number of ether oxygens (including phenoxy) is 1. The fourth-order valence-electron chi connectivity index (χ4n) is 2.19. The van der Waals surface area contributed by atoms with Gasteiger partial charge in [0.2, 0.25) is 5.88 Å². The van der Waals surface area contributed by atoms with Gasteiger partial charge < -0.3 is 4.74 Å². The van der Waals surface area contributed by atoms with E-state index in [4.69, 9.17) is 16.3 Å². The van der Waals surface area contributed by atoms with Gasteiger partial charge in [-0.1, -0.05) is 48.0 Å². The van der Waals surface area contributed by atoms with Crippen molar-refractivity contribution >= 4 is 17.9 Å². The molecule has 3 nitrogen and oxygen atoms in total. The van der Waals surface area contributed by atoms with Crippen molar-refractivity contribution in [2.75, 3.05) is 0 Å². The second-order valence-electron chi connectivity index (χ2n) is 5.02. The summed E-state index contributed by atoms with van der Waals surface area (Å²) < 4.78 is 5.66. The highest BCUT2D eigenvalue weighted by atomic mass is 35.5. The van der Waals surface area contributed by atoms with E-state index in [1.54, 1.807) is 30.5 Å². The van der Waals surface area contributed by atoms with Crippen LogP contribution in [0.5, 0.6) is 5.88 Å². The molecule has 4 heteroatoms. The normalized spacial score (nSPS) is 10.3. The molecule has 0 fully saturated rings. The van der Waals surface area contributed by atoms with E-state index >= 15 is 0 Å². The first-order chi connectivity index (χ1) is 11.3. The molecule has 0 spiro atoms. The molecule has 23 heavy (non-hydrogen) atoms. The lowest BCUT2D eigenvalue weighted by Gasteiger charge is -2.08. The van der Waals surface area contributed by atoms with Crippen molar-refractivity contribution in [3.05, 3.63) is 83.0 Å². The molecule has 0 aliphatic carbocycles. The van der Waals surface area contributed by atoms with E-state index < -0.39 is 0 Å². The first-order valence-electron chi connectivity index (χ1n) is 7.14. The predicted octanol–water partition coefficient (Wildman–Crippen LogP) is 4.79. The second-order valence-corrected chi connectivity index (χ2v) is 5.42. The molecule has 0 unspecified atom stereocenters. The molecular weight excluding hydrogens is 310 g/mol. The molecule has 1 heterocycles. The van der Waals surface area contributed by atoms with Crippen LogP contribution in [0.2, 0.25) is 5.02 Å². The summed E-state index contributed by atoms with van der Waals surface area (Å²) in [7, 11) is 0. The van der Waals surface area contributed by atoms with Crippen molar-refractivity contribution < 1.29 is 9.53 Å². The largest absolute Gasteiger partial charge is 0.473 e. The zero-order valence-electron chi connectivity index (χ0n) is 12.3. The Bertz CT molecular complexity index is 801. The van der Waals surface area contributed by atoms with E-state index in [0.717, 1.165) is 23.0 Å². The zero-order valence-corrected chi connectivity index (χ0v) is 13.0. The van der Waals surface area contributed by atoms with Gasteiger partial charge in [0.25, 0.3) is 0 Å². The van der Waals surface area contributed by atoms with Crippen molar-refractivity contribution in [1.82, 2.24) is 4.98 Å². The van der Waals surface area contributed by atoms with Crippen LogP contribution in [0, 0.1) is 0 Å². The van der Waals surface area contributed by atoms with Gasteiger partial charge in [-0.05, 0) is 23.8 Å². The molecule has 1 aromatic heterocycles. The quantitative estimate of drug-likeness (QED) is 0.633. The maximum Gasteiger partial charge on any atom is 0.213 e. The SMILES string of the molecule is O=Cc1ccc(Cl)c(-c2ccc(OCc3ccccc3)nc2)c1. The second kappa shape index (κ2) is 7.07. The Morgan fingerprint density at radius 3 is 2.57 bits per heavy atom. The summed E-state index contributed by atoms with van der Waals surface area (Å²) in [5.74, 6) is 0.542. The molecule has 0 atom stereocenters. The monoisotopic (exact) mass is 323 g/mol. The summed E-state index contributed by atoms with van der Waals surface area (Å²) in [5.41, 5.74) is 3.28. The van der Waals surface area contributed by atoms with Crippen molar-refractivity contribution in [3.63, 3.8) is 0 Å². The Balaban J connectivity index is 1.76. The van der Waals surface area contributed by atoms with Gasteiger partial charge >= 0.3 is 0 Å². The van der Waals surface area contributed by atoms with Crippen LogP contribution in [0.3, 0.4) is 0 Å². The van der Waals surface area contributed by atoms with Crippen LogP contribution in [0.25, 0.3) is 11.1 Å². The van der Waals surface area contributed by atoms with E-state index in [2.05, 4.69) is 4.98 Å². The number of benzene rings is 2. The predicted molar refractivity (Wildman–Crippen MR) is 90.8 cm³/mol. The summed E-state index contributed by atoms with van der Waals surface area (Å²) in [6.07, 6.45) is 2.49. The van der Waals surface area contributed by atoms with Gasteiger partial charge in [0, 0.05) is 34.0 Å². The Kier molecular flexibility index (Phi) is 4.69. The van der Waals surface area contributed by atoms with Crippen LogP contribution < -0.4 is 4.74 Å². The maximum atomic E-state index is 10.9. The van der Waals surface area contributed by atoms with Crippen LogP contribution in [0.1, 0.15) is 15.9 Å². The van der Waals surface area contributed by atoms with E-state index in [-0.39, 0.29) is 0 Å². The van der Waals surface area contributed by atoms with Crippen LogP contribution in [0.15, 0.2) is 66.9 Å². The number of halogens is 1. The smallest absolute Gasteiger partial charge is 0.213 e. The van der Waals surface area contributed by atoms with E-state index in [1.807, 2.05) is 36.4 Å². The van der Waals surface area contributed by atoms with Crippen LogP contribution in [0.4, 0.5) is 0 Å². The molecule has 3 aromatic rings. The molecule has 0 saturated carbocycles. The van der Waals surface area contributed by atoms with E-state index in [1.165, 1.54) is 0 Å². The van der Waals surface area contributed by atoms with Gasteiger partial charge in [-0.3, -0.25) is 4.79 Å². The number of aldehydes is 1. The van der Waals surface area contributed by atoms with Crippen molar-refractivity contribution in [3.8, 4) is 17.0 Å². The van der Waals surface area contributed by atoms with Gasteiger partial charge in [0.15, 0.2) is 0 Å². The number of nitrogens with zero attached hydrogens (tertiary/aromatic N) is 1. The maximum absolute atomic E-state index is 10.9. The summed E-state index contributed by atoms with van der Waals surface area (Å²) in [6, 6.07) is 18.7. The molecule has 2 aromatic carbocycles. The number of carbonyl (C=O) groups excluding carboxylic acids is 1. The molecule has 0 bridgehead atoms. The van der Waals surface area contributed by atoms with Gasteiger partial charge in [0.1, 0.15) is 12.9 Å². The molecule has 3 rings (SSSR count). The van der Waals surface area contributed by atoms with Crippen molar-refractivity contribution in [1.29, 1.82) is 0 Å². The minimum Gasteiger partial charge on any atom is -0.473 e. The minimum atomic E-state index is 0.467. The van der Waals surface area contributed by atoms with Crippen LogP contribution in [-0.4, -0.2) is 11.3 Å². The molecule has 0 saturated heterocycles. The standard InChI is InChI=1S/C19H14ClNO2/c20-18-8-6-15(12-22)10-17(18)16-7-9-19(21-11-16)23-13-14-4-2-1-3-5-14/h1-12H,13H2. The zero-order chi connectivity index (χ0) is 16.1. The lowest BCUT2D eigenvalue weighted by Crippen LogP contribution is -1.97. The van der Waals surface area contributed by atoms with Crippen LogP contribution >= 0.6 is 11.6 Å². The third-order valence-electron chi connectivity index (χ3n) is 3.40. The summed E-state index contributed by atoms with van der Waals surface area (Å²) >= 11 is 6.19. The van der Waals surface area contributed by atoms with E-state index in [0.29, 0.717) is 23.1 Å². The van der Waals surface area contributed by atoms with Gasteiger partial charge in [-0.2, -0.15) is 0 Å². The molecular formula is C19H14ClNO2. The number of hydrogen-bond acceptors (Lipinski definition) is 3. The third kappa shape index (κ3) is 3.76. The summed E-state index contributed by atoms with van der Waals surface area (Å²) in [4.78, 5) is 15.2. The summed E-state index contributed by atoms with van der Waals surface area (Å²) in [5, 5.41) is 0.579. The summed E-state index contributed by atoms with van der Waals surface area (Å²) in [6.45, 7) is 0.467. The minimum absolute atomic E-state index is 0.467. The molecule has 0 aliphatic heterocycles. The van der Waals surface area contributed by atoms with Gasteiger partial charge in [-0.15, -0.1) is 0 Å². The average molecular weight is 324 g/mol. The van der Waals surface area contributed by atoms with Gasteiger partial charge in [0.05, 0.1) is 0 Å². The van der Waals surface area contributed by atoms with Gasteiger partial charge in [-0.25, -0.2) is 4.98 Å². The third-order valence-corrected chi connectivity index (χ3v) is 3.73. The first-order valence-corrected chi connectivity index (χ1v) is 7.52. The topological polar surface area (TPSA) is 39.2 Å². The lowest BCUT2D eigenvalue weighted by atomic mass is 10.1. The molecule has 0 aliphatic rings.